The molecule has 0 fully saturated rings. The van der Waals surface area contributed by atoms with E-state index in [1.54, 1.807) is 13.1 Å². The molecule has 0 unspecified atom stereocenters. The summed E-state index contributed by atoms with van der Waals surface area (Å²) in [5, 5.41) is 3.34. The number of alkyl halides is 3. The Hall–Kier alpha value is -1.60. The lowest BCUT2D eigenvalue weighted by Gasteiger charge is -2.10. The van der Waals surface area contributed by atoms with Crippen molar-refractivity contribution in [3.63, 3.8) is 0 Å². The number of halogens is 4. The van der Waals surface area contributed by atoms with E-state index in [9.17, 15) is 17.6 Å². The Labute approximate surface area is 123 Å². The van der Waals surface area contributed by atoms with Crippen LogP contribution in [0.15, 0.2) is 46.5 Å². The van der Waals surface area contributed by atoms with Gasteiger partial charge >= 0.3 is 6.18 Å². The molecular formula is C14H12F4N2S. The molecule has 0 aliphatic heterocycles. The zero-order valence-corrected chi connectivity index (χ0v) is 11.9. The van der Waals surface area contributed by atoms with Gasteiger partial charge in [0.1, 0.15) is 10.8 Å². The summed E-state index contributed by atoms with van der Waals surface area (Å²) in [6, 6.07) is 6.58. The summed E-state index contributed by atoms with van der Waals surface area (Å²) in [6.07, 6.45) is -3.60. The molecule has 0 bridgehead atoms. The van der Waals surface area contributed by atoms with Gasteiger partial charge in [-0.3, -0.25) is 0 Å². The Morgan fingerprint density at radius 3 is 2.52 bits per heavy atom. The van der Waals surface area contributed by atoms with E-state index in [4.69, 9.17) is 0 Å². The second-order valence-corrected chi connectivity index (χ2v) is 5.33. The van der Waals surface area contributed by atoms with E-state index in [0.29, 0.717) is 11.6 Å². The second kappa shape index (κ2) is 6.44. The summed E-state index contributed by atoms with van der Waals surface area (Å²) >= 11 is 1.20. The molecule has 2 rings (SSSR count). The predicted octanol–water partition coefficient (Wildman–Crippen LogP) is 4.11. The molecule has 1 heterocycles. The number of hydrogen-bond acceptors (Lipinski definition) is 3. The summed E-state index contributed by atoms with van der Waals surface area (Å²) < 4.78 is 50.6. The van der Waals surface area contributed by atoms with E-state index in [2.05, 4.69) is 10.3 Å². The molecule has 21 heavy (non-hydrogen) atoms. The van der Waals surface area contributed by atoms with Crippen molar-refractivity contribution in [2.45, 2.75) is 22.6 Å². The first kappa shape index (κ1) is 15.8. The van der Waals surface area contributed by atoms with Crippen molar-refractivity contribution in [2.24, 2.45) is 0 Å². The highest BCUT2D eigenvalue weighted by Crippen LogP contribution is 2.33. The molecule has 112 valence electrons. The molecule has 2 aromatic rings. The molecule has 1 N–H and O–H groups in total. The van der Waals surface area contributed by atoms with Gasteiger partial charge in [-0.25, -0.2) is 9.37 Å². The Morgan fingerprint density at radius 1 is 1.19 bits per heavy atom. The molecule has 0 aliphatic carbocycles. The van der Waals surface area contributed by atoms with Crippen LogP contribution in [0.2, 0.25) is 0 Å². The fourth-order valence-electron chi connectivity index (χ4n) is 1.70. The standard InChI is InChI=1S/C14H12F4N2S/c1-19-7-9-6-11(15)3-4-12(9)21-13-5-2-10(8-20-13)14(16,17)18/h2-6,8,19H,7H2,1H3. The van der Waals surface area contributed by atoms with Gasteiger partial charge in [-0.15, -0.1) is 0 Å². The van der Waals surface area contributed by atoms with E-state index in [0.717, 1.165) is 22.7 Å². The Balaban J connectivity index is 2.22. The Kier molecular flexibility index (Phi) is 4.84. The fourth-order valence-corrected chi connectivity index (χ4v) is 2.56. The number of nitrogens with zero attached hydrogens (tertiary/aromatic N) is 1. The number of benzene rings is 1. The zero-order chi connectivity index (χ0) is 15.5. The highest BCUT2D eigenvalue weighted by Gasteiger charge is 2.30. The highest BCUT2D eigenvalue weighted by molar-refractivity contribution is 7.99. The lowest BCUT2D eigenvalue weighted by Crippen LogP contribution is -2.07. The van der Waals surface area contributed by atoms with E-state index in [-0.39, 0.29) is 5.82 Å². The smallest absolute Gasteiger partial charge is 0.316 e. The van der Waals surface area contributed by atoms with Crippen molar-refractivity contribution in [3.05, 3.63) is 53.5 Å². The molecule has 1 aromatic heterocycles. The van der Waals surface area contributed by atoms with Crippen molar-refractivity contribution in [3.8, 4) is 0 Å². The van der Waals surface area contributed by atoms with Crippen LogP contribution >= 0.6 is 11.8 Å². The first-order chi connectivity index (χ1) is 9.90. The van der Waals surface area contributed by atoms with E-state index < -0.39 is 11.7 Å². The van der Waals surface area contributed by atoms with Gasteiger partial charge in [0.25, 0.3) is 0 Å². The summed E-state index contributed by atoms with van der Waals surface area (Å²) in [5.74, 6) is -0.357. The van der Waals surface area contributed by atoms with Crippen molar-refractivity contribution < 1.29 is 17.6 Å². The van der Waals surface area contributed by atoms with Crippen LogP contribution in [-0.2, 0) is 12.7 Å². The Morgan fingerprint density at radius 2 is 1.95 bits per heavy atom. The Bertz CT molecular complexity index is 611. The van der Waals surface area contributed by atoms with E-state index in [1.807, 2.05) is 0 Å². The van der Waals surface area contributed by atoms with Crippen LogP contribution in [0.5, 0.6) is 0 Å². The average molecular weight is 316 g/mol. The summed E-state index contributed by atoms with van der Waals surface area (Å²) in [7, 11) is 1.73. The van der Waals surface area contributed by atoms with Crippen LogP contribution in [0.3, 0.4) is 0 Å². The number of hydrogen-bond donors (Lipinski definition) is 1. The van der Waals surface area contributed by atoms with Crippen LogP contribution < -0.4 is 5.32 Å². The fraction of sp³-hybridized carbons (Fsp3) is 0.214. The molecule has 0 radical (unpaired) electrons. The predicted molar refractivity (Wildman–Crippen MR) is 72.5 cm³/mol. The molecule has 0 atom stereocenters. The third kappa shape index (κ3) is 4.18. The molecule has 7 heteroatoms. The molecule has 0 amide bonds. The van der Waals surface area contributed by atoms with E-state index in [1.165, 1.54) is 30.0 Å². The summed E-state index contributed by atoms with van der Waals surface area (Å²) in [4.78, 5) is 4.54. The molecule has 0 aliphatic rings. The molecule has 1 aromatic carbocycles. The van der Waals surface area contributed by atoms with Crippen molar-refractivity contribution in [2.75, 3.05) is 7.05 Å². The van der Waals surface area contributed by atoms with Crippen LogP contribution in [0.25, 0.3) is 0 Å². The molecular weight excluding hydrogens is 304 g/mol. The highest BCUT2D eigenvalue weighted by atomic mass is 32.2. The van der Waals surface area contributed by atoms with Gasteiger partial charge in [0, 0.05) is 17.6 Å². The lowest BCUT2D eigenvalue weighted by atomic mass is 10.2. The largest absolute Gasteiger partial charge is 0.417 e. The van der Waals surface area contributed by atoms with Gasteiger partial charge in [-0.05, 0) is 42.9 Å². The van der Waals surface area contributed by atoms with E-state index >= 15 is 0 Å². The summed E-state index contributed by atoms with van der Waals surface area (Å²) in [6.45, 7) is 0.459. The zero-order valence-electron chi connectivity index (χ0n) is 11.0. The number of pyridine rings is 1. The minimum absolute atomic E-state index is 0.357. The van der Waals surface area contributed by atoms with Crippen LogP contribution in [0.4, 0.5) is 17.6 Å². The SMILES string of the molecule is CNCc1cc(F)ccc1Sc1ccc(C(F)(F)F)cn1. The van der Waals surface area contributed by atoms with Gasteiger partial charge in [0.15, 0.2) is 0 Å². The monoisotopic (exact) mass is 316 g/mol. The first-order valence-corrected chi connectivity index (χ1v) is 6.86. The van der Waals surface area contributed by atoms with Crippen molar-refractivity contribution in [1.82, 2.24) is 10.3 Å². The first-order valence-electron chi connectivity index (χ1n) is 6.04. The van der Waals surface area contributed by atoms with Gasteiger partial charge in [0.05, 0.1) is 5.56 Å². The van der Waals surface area contributed by atoms with Crippen molar-refractivity contribution >= 4 is 11.8 Å². The number of nitrogens with one attached hydrogen (secondary N) is 1. The van der Waals surface area contributed by atoms with Gasteiger partial charge in [0.2, 0.25) is 0 Å². The second-order valence-electron chi connectivity index (χ2n) is 4.27. The maximum Gasteiger partial charge on any atom is 0.417 e. The molecule has 2 nitrogen and oxygen atoms in total. The third-order valence-electron chi connectivity index (χ3n) is 2.67. The molecule has 0 saturated heterocycles. The van der Waals surface area contributed by atoms with Gasteiger partial charge < -0.3 is 5.32 Å². The number of rotatable bonds is 4. The number of aromatic nitrogens is 1. The van der Waals surface area contributed by atoms with Crippen LogP contribution in [0, 0.1) is 5.82 Å². The molecule has 0 spiro atoms. The maximum absolute atomic E-state index is 13.2. The maximum atomic E-state index is 13.2. The third-order valence-corrected chi connectivity index (χ3v) is 3.74. The lowest BCUT2D eigenvalue weighted by molar-refractivity contribution is -0.137. The molecule has 0 saturated carbocycles. The van der Waals surface area contributed by atoms with Gasteiger partial charge in [-0.2, -0.15) is 13.2 Å². The summed E-state index contributed by atoms with van der Waals surface area (Å²) in [5.41, 5.74) is -0.0643. The quantitative estimate of drug-likeness (QED) is 0.859. The normalized spacial score (nSPS) is 11.7. The minimum Gasteiger partial charge on any atom is -0.316 e. The van der Waals surface area contributed by atoms with Gasteiger partial charge in [-0.1, -0.05) is 11.8 Å². The van der Waals surface area contributed by atoms with Crippen molar-refractivity contribution in [1.29, 1.82) is 0 Å². The average Bonchev–Trinajstić information content (AvgIpc) is 2.42. The topological polar surface area (TPSA) is 24.9 Å². The minimum atomic E-state index is -4.40. The van der Waals surface area contributed by atoms with Crippen LogP contribution in [0.1, 0.15) is 11.1 Å². The van der Waals surface area contributed by atoms with Crippen LogP contribution in [-0.4, -0.2) is 12.0 Å².